The second kappa shape index (κ2) is 7.81. The minimum Gasteiger partial charge on any atom is -0.481 e. The Morgan fingerprint density at radius 2 is 1.79 bits per heavy atom. The third kappa shape index (κ3) is 8.96. The molecule has 0 aromatic carbocycles. The molecular weight excluding hydrogens is 268 g/mol. The average molecular weight is 294 g/mol. The van der Waals surface area contributed by atoms with E-state index >= 15 is 0 Å². The molecule has 1 atom stereocenters. The third-order valence-electron chi connectivity index (χ3n) is 3.05. The molecular formula is C12H26N2O4S. The highest BCUT2D eigenvalue weighted by molar-refractivity contribution is 7.87. The molecule has 0 heterocycles. The monoisotopic (exact) mass is 294 g/mol. The first-order valence-electron chi connectivity index (χ1n) is 6.54. The molecule has 0 spiro atoms. The zero-order chi connectivity index (χ0) is 15.1. The zero-order valence-electron chi connectivity index (χ0n) is 12.2. The van der Waals surface area contributed by atoms with Gasteiger partial charge in [-0.25, -0.2) is 9.44 Å². The van der Waals surface area contributed by atoms with Crippen molar-refractivity contribution in [2.24, 2.45) is 11.3 Å². The molecule has 0 aromatic heterocycles. The SMILES string of the molecule is CCNS(=O)(=O)NCCC(CCC(=O)O)C(C)(C)C. The van der Waals surface area contributed by atoms with E-state index in [1.54, 1.807) is 6.92 Å². The first-order valence-corrected chi connectivity index (χ1v) is 8.03. The Kier molecular flexibility index (Phi) is 7.54. The maximum Gasteiger partial charge on any atom is 0.303 e. The molecule has 0 radical (unpaired) electrons. The van der Waals surface area contributed by atoms with Gasteiger partial charge in [0, 0.05) is 19.5 Å². The van der Waals surface area contributed by atoms with Gasteiger partial charge in [-0.2, -0.15) is 8.42 Å². The van der Waals surface area contributed by atoms with E-state index in [1.807, 2.05) is 20.8 Å². The Bertz CT molecular complexity index is 374. The molecule has 0 saturated carbocycles. The fraction of sp³-hybridized carbons (Fsp3) is 0.917. The summed E-state index contributed by atoms with van der Waals surface area (Å²) in [6.45, 7) is 8.49. The lowest BCUT2D eigenvalue weighted by Crippen LogP contribution is -2.38. The van der Waals surface area contributed by atoms with Crippen molar-refractivity contribution < 1.29 is 18.3 Å². The molecule has 7 heteroatoms. The average Bonchev–Trinajstić information content (AvgIpc) is 2.20. The number of aliphatic carboxylic acids is 1. The lowest BCUT2D eigenvalue weighted by molar-refractivity contribution is -0.137. The number of hydrogen-bond acceptors (Lipinski definition) is 3. The van der Waals surface area contributed by atoms with Crippen LogP contribution in [0.1, 0.15) is 47.0 Å². The third-order valence-corrected chi connectivity index (χ3v) is 4.30. The summed E-state index contributed by atoms with van der Waals surface area (Å²) < 4.78 is 27.6. The van der Waals surface area contributed by atoms with E-state index in [2.05, 4.69) is 9.44 Å². The van der Waals surface area contributed by atoms with Crippen molar-refractivity contribution in [3.05, 3.63) is 0 Å². The smallest absolute Gasteiger partial charge is 0.303 e. The standard InChI is InChI=1S/C12H26N2O4S/c1-5-13-19(17,18)14-9-8-10(12(2,3)4)6-7-11(15)16/h10,13-14H,5-9H2,1-4H3,(H,15,16). The zero-order valence-corrected chi connectivity index (χ0v) is 13.0. The summed E-state index contributed by atoms with van der Waals surface area (Å²) in [6.07, 6.45) is 1.30. The van der Waals surface area contributed by atoms with Crippen molar-refractivity contribution in [2.75, 3.05) is 13.1 Å². The highest BCUT2D eigenvalue weighted by atomic mass is 32.2. The Morgan fingerprint density at radius 3 is 2.21 bits per heavy atom. The Morgan fingerprint density at radius 1 is 1.21 bits per heavy atom. The summed E-state index contributed by atoms with van der Waals surface area (Å²) in [5.41, 5.74) is -0.0426. The Balaban J connectivity index is 4.32. The van der Waals surface area contributed by atoms with Crippen LogP contribution in [0.2, 0.25) is 0 Å². The molecule has 0 fully saturated rings. The van der Waals surface area contributed by atoms with E-state index in [4.69, 9.17) is 5.11 Å². The Labute approximate surface area is 116 Å². The number of carboxylic acids is 1. The van der Waals surface area contributed by atoms with E-state index in [1.165, 1.54) is 0 Å². The summed E-state index contributed by atoms with van der Waals surface area (Å²) in [7, 11) is -3.42. The first kappa shape index (κ1) is 18.3. The van der Waals surface area contributed by atoms with Crippen LogP contribution in [0, 0.1) is 11.3 Å². The van der Waals surface area contributed by atoms with Crippen molar-refractivity contribution in [3.63, 3.8) is 0 Å². The predicted molar refractivity (Wildman–Crippen MR) is 75.0 cm³/mol. The molecule has 114 valence electrons. The van der Waals surface area contributed by atoms with Crippen LogP contribution in [0.15, 0.2) is 0 Å². The van der Waals surface area contributed by atoms with E-state index in [0.717, 1.165) is 0 Å². The molecule has 0 aliphatic carbocycles. The molecule has 1 unspecified atom stereocenters. The molecule has 3 N–H and O–H groups in total. The lowest BCUT2D eigenvalue weighted by atomic mass is 9.76. The van der Waals surface area contributed by atoms with Crippen molar-refractivity contribution in [1.29, 1.82) is 0 Å². The molecule has 19 heavy (non-hydrogen) atoms. The number of hydrogen-bond donors (Lipinski definition) is 3. The fourth-order valence-electron chi connectivity index (χ4n) is 1.92. The molecule has 0 rings (SSSR count). The maximum atomic E-state index is 11.4. The topological polar surface area (TPSA) is 95.5 Å². The largest absolute Gasteiger partial charge is 0.481 e. The van der Waals surface area contributed by atoms with E-state index in [0.29, 0.717) is 25.9 Å². The molecule has 0 aliphatic heterocycles. The normalized spacial score (nSPS) is 14.3. The number of carbonyl (C=O) groups is 1. The van der Waals surface area contributed by atoms with Gasteiger partial charge in [0.15, 0.2) is 0 Å². The molecule has 0 aromatic rings. The molecule has 0 bridgehead atoms. The predicted octanol–water partition coefficient (Wildman–Crippen LogP) is 1.35. The number of carboxylic acid groups (broad SMARTS) is 1. The summed E-state index contributed by atoms with van der Waals surface area (Å²) >= 11 is 0. The number of nitrogens with one attached hydrogen (secondary N) is 2. The van der Waals surface area contributed by atoms with Crippen LogP contribution in [-0.4, -0.2) is 32.6 Å². The van der Waals surface area contributed by atoms with Gasteiger partial charge in [0.2, 0.25) is 0 Å². The summed E-state index contributed by atoms with van der Waals surface area (Å²) in [5.74, 6) is -0.657. The lowest BCUT2D eigenvalue weighted by Gasteiger charge is -2.30. The van der Waals surface area contributed by atoms with Crippen LogP contribution in [0.3, 0.4) is 0 Å². The molecule has 0 aliphatic rings. The minimum atomic E-state index is -3.42. The summed E-state index contributed by atoms with van der Waals surface area (Å²) in [4.78, 5) is 10.6. The van der Waals surface area contributed by atoms with Crippen molar-refractivity contribution in [3.8, 4) is 0 Å². The van der Waals surface area contributed by atoms with Gasteiger partial charge < -0.3 is 5.11 Å². The highest BCUT2D eigenvalue weighted by Crippen LogP contribution is 2.32. The molecule has 0 saturated heterocycles. The maximum absolute atomic E-state index is 11.4. The van der Waals surface area contributed by atoms with Crippen molar-refractivity contribution in [1.82, 2.24) is 9.44 Å². The minimum absolute atomic E-state index is 0.0426. The van der Waals surface area contributed by atoms with Gasteiger partial charge in [-0.3, -0.25) is 4.79 Å². The van der Waals surface area contributed by atoms with Crippen molar-refractivity contribution >= 4 is 16.2 Å². The van der Waals surface area contributed by atoms with Gasteiger partial charge >= 0.3 is 5.97 Å². The quantitative estimate of drug-likeness (QED) is 0.598. The first-order chi connectivity index (χ1) is 8.58. The van der Waals surface area contributed by atoms with Crippen LogP contribution in [0.25, 0.3) is 0 Å². The van der Waals surface area contributed by atoms with Crippen LogP contribution < -0.4 is 9.44 Å². The van der Waals surface area contributed by atoms with Gasteiger partial charge in [0.25, 0.3) is 10.2 Å². The van der Waals surface area contributed by atoms with Gasteiger partial charge in [-0.1, -0.05) is 27.7 Å². The Hall–Kier alpha value is -0.660. The van der Waals surface area contributed by atoms with Gasteiger partial charge in [-0.15, -0.1) is 0 Å². The van der Waals surface area contributed by atoms with E-state index in [-0.39, 0.29) is 17.8 Å². The fourth-order valence-corrected chi connectivity index (χ4v) is 2.79. The van der Waals surface area contributed by atoms with E-state index < -0.39 is 16.2 Å². The van der Waals surface area contributed by atoms with Crippen LogP contribution in [-0.2, 0) is 15.0 Å². The number of rotatable bonds is 9. The van der Waals surface area contributed by atoms with Gasteiger partial charge in [0.1, 0.15) is 0 Å². The van der Waals surface area contributed by atoms with Crippen molar-refractivity contribution in [2.45, 2.75) is 47.0 Å². The molecule has 6 nitrogen and oxygen atoms in total. The van der Waals surface area contributed by atoms with Gasteiger partial charge in [-0.05, 0) is 24.2 Å². The summed E-state index contributed by atoms with van der Waals surface area (Å²) in [5, 5.41) is 8.73. The van der Waals surface area contributed by atoms with Crippen LogP contribution in [0.4, 0.5) is 0 Å². The second-order valence-corrected chi connectivity index (χ2v) is 7.26. The highest BCUT2D eigenvalue weighted by Gasteiger charge is 2.25. The van der Waals surface area contributed by atoms with Crippen LogP contribution >= 0.6 is 0 Å². The molecule has 0 amide bonds. The van der Waals surface area contributed by atoms with Gasteiger partial charge in [0.05, 0.1) is 0 Å². The van der Waals surface area contributed by atoms with E-state index in [9.17, 15) is 13.2 Å². The second-order valence-electron chi connectivity index (χ2n) is 5.68. The van der Waals surface area contributed by atoms with Crippen LogP contribution in [0.5, 0.6) is 0 Å². The summed E-state index contributed by atoms with van der Waals surface area (Å²) in [6, 6.07) is 0.